The monoisotopic (exact) mass is 252 g/mol. The molecular weight excluding hydrogens is 246 g/mol. The van der Waals surface area contributed by atoms with Crippen LogP contribution in [0.3, 0.4) is 0 Å². The van der Waals surface area contributed by atoms with Gasteiger partial charge < -0.3 is 10.8 Å². The van der Waals surface area contributed by atoms with Crippen LogP contribution in [0.5, 0.6) is 5.75 Å². The van der Waals surface area contributed by atoms with Crippen molar-refractivity contribution < 1.29 is 13.9 Å². The zero-order valence-electron chi connectivity index (χ0n) is 6.47. The molecule has 0 saturated heterocycles. The first kappa shape index (κ1) is 10.3. The van der Waals surface area contributed by atoms with Crippen LogP contribution >= 0.6 is 15.9 Å². The van der Waals surface area contributed by atoms with Crippen LogP contribution in [0.15, 0.2) is 10.7 Å². The van der Waals surface area contributed by atoms with Crippen molar-refractivity contribution in [1.82, 2.24) is 4.98 Å². The molecule has 1 aromatic heterocycles. The topological polar surface area (TPSA) is 59.1 Å². The Labute approximate surface area is 81.7 Å². The molecule has 0 aliphatic carbocycles. The van der Waals surface area contributed by atoms with Crippen LogP contribution in [-0.2, 0) is 6.54 Å². The Balaban J connectivity index is 3.30. The lowest BCUT2D eigenvalue weighted by molar-refractivity contribution is 0.146. The van der Waals surface area contributed by atoms with Crippen LogP contribution in [0.1, 0.15) is 17.7 Å². The molecule has 0 saturated carbocycles. The number of rotatable bonds is 2. The van der Waals surface area contributed by atoms with Crippen molar-refractivity contribution >= 4 is 15.9 Å². The molecule has 72 valence electrons. The normalized spacial score (nSPS) is 10.8. The van der Waals surface area contributed by atoms with Crippen molar-refractivity contribution in [2.45, 2.75) is 13.0 Å². The summed E-state index contributed by atoms with van der Waals surface area (Å²) in [6.45, 7) is 0.0422. The second kappa shape index (κ2) is 3.97. The summed E-state index contributed by atoms with van der Waals surface area (Å²) in [5, 5.41) is 9.07. The predicted molar refractivity (Wildman–Crippen MR) is 46.5 cm³/mol. The highest BCUT2D eigenvalue weighted by molar-refractivity contribution is 9.10. The van der Waals surface area contributed by atoms with Gasteiger partial charge in [-0.2, -0.15) is 0 Å². The number of pyridine rings is 1. The molecule has 0 radical (unpaired) electrons. The third-order valence-electron chi connectivity index (χ3n) is 1.52. The first-order valence-electron chi connectivity index (χ1n) is 3.42. The Kier molecular flexibility index (Phi) is 3.16. The molecule has 0 atom stereocenters. The zero-order valence-corrected chi connectivity index (χ0v) is 8.05. The summed E-state index contributed by atoms with van der Waals surface area (Å²) in [5.41, 5.74) is 5.09. The molecule has 13 heavy (non-hydrogen) atoms. The van der Waals surface area contributed by atoms with Crippen LogP contribution in [0, 0.1) is 0 Å². The molecule has 1 aromatic rings. The lowest BCUT2D eigenvalue weighted by Crippen LogP contribution is -2.03. The van der Waals surface area contributed by atoms with Crippen LogP contribution in [0.4, 0.5) is 8.78 Å². The minimum atomic E-state index is -2.75. The van der Waals surface area contributed by atoms with E-state index in [2.05, 4.69) is 20.9 Å². The average Bonchev–Trinajstić information content (AvgIpc) is 2.04. The van der Waals surface area contributed by atoms with Crippen molar-refractivity contribution in [3.05, 3.63) is 21.9 Å². The van der Waals surface area contributed by atoms with Gasteiger partial charge >= 0.3 is 0 Å². The van der Waals surface area contributed by atoms with Gasteiger partial charge in [0.2, 0.25) is 0 Å². The highest BCUT2D eigenvalue weighted by atomic mass is 79.9. The summed E-state index contributed by atoms with van der Waals surface area (Å²) in [4.78, 5) is 3.68. The molecule has 1 heterocycles. The maximum atomic E-state index is 12.3. The molecule has 3 N–H and O–H groups in total. The highest BCUT2D eigenvalue weighted by Gasteiger charge is 2.19. The molecule has 0 spiro atoms. The van der Waals surface area contributed by atoms with Gasteiger partial charge in [-0.15, -0.1) is 0 Å². The Morgan fingerprint density at radius 3 is 2.69 bits per heavy atom. The Hall–Kier alpha value is -0.750. The molecule has 3 nitrogen and oxygen atoms in total. The van der Waals surface area contributed by atoms with E-state index in [0.717, 1.165) is 6.20 Å². The van der Waals surface area contributed by atoms with Crippen molar-refractivity contribution in [3.63, 3.8) is 0 Å². The van der Waals surface area contributed by atoms with E-state index in [1.54, 1.807) is 0 Å². The first-order valence-corrected chi connectivity index (χ1v) is 4.21. The second-order valence-corrected chi connectivity index (χ2v) is 3.12. The van der Waals surface area contributed by atoms with Crippen molar-refractivity contribution in [3.8, 4) is 5.75 Å². The maximum absolute atomic E-state index is 12.3. The Morgan fingerprint density at radius 1 is 1.62 bits per heavy atom. The molecule has 0 amide bonds. The van der Waals surface area contributed by atoms with Crippen LogP contribution in [0.25, 0.3) is 0 Å². The lowest BCUT2D eigenvalue weighted by atomic mass is 10.2. The van der Waals surface area contributed by atoms with Crippen LogP contribution in [0.2, 0.25) is 0 Å². The summed E-state index contributed by atoms with van der Waals surface area (Å²) >= 11 is 2.91. The fraction of sp³-hybridized carbons (Fsp3) is 0.286. The van der Waals surface area contributed by atoms with E-state index in [-0.39, 0.29) is 11.0 Å². The minimum absolute atomic E-state index is 0.0422. The van der Waals surface area contributed by atoms with Crippen molar-refractivity contribution in [2.75, 3.05) is 0 Å². The van der Waals surface area contributed by atoms with Gasteiger partial charge in [0.05, 0.1) is 21.9 Å². The quantitative estimate of drug-likeness (QED) is 0.846. The first-order chi connectivity index (χ1) is 6.07. The number of aromatic nitrogens is 1. The summed E-state index contributed by atoms with van der Waals surface area (Å²) in [5.74, 6) is -0.529. The third-order valence-corrected chi connectivity index (χ3v) is 2.40. The number of halogens is 3. The molecule has 0 unspecified atom stereocenters. The average molecular weight is 253 g/mol. The number of hydrogen-bond donors (Lipinski definition) is 2. The van der Waals surface area contributed by atoms with Crippen molar-refractivity contribution in [2.24, 2.45) is 5.73 Å². The fourth-order valence-corrected chi connectivity index (χ4v) is 1.52. The zero-order chi connectivity index (χ0) is 10.0. The standard InChI is InChI=1S/C7H7BrF2N2O/c8-6-3(1-11)12-2-4(13)5(6)7(9)10/h2,7,13H,1,11H2. The molecule has 0 fully saturated rings. The molecule has 0 aromatic carbocycles. The number of nitrogens with zero attached hydrogens (tertiary/aromatic N) is 1. The maximum Gasteiger partial charge on any atom is 0.268 e. The van der Waals surface area contributed by atoms with E-state index in [9.17, 15) is 8.78 Å². The van der Waals surface area contributed by atoms with E-state index in [1.165, 1.54) is 0 Å². The van der Waals surface area contributed by atoms with Gasteiger partial charge in [-0.1, -0.05) is 0 Å². The third kappa shape index (κ3) is 1.94. The van der Waals surface area contributed by atoms with E-state index in [1.807, 2.05) is 0 Å². The SMILES string of the molecule is NCc1ncc(O)c(C(F)F)c1Br. The van der Waals surface area contributed by atoms with Gasteiger partial charge in [-0.3, -0.25) is 4.98 Å². The predicted octanol–water partition coefficient (Wildman–Crippen LogP) is 1.95. The second-order valence-electron chi connectivity index (χ2n) is 2.32. The molecule has 0 aliphatic rings. The number of hydrogen-bond acceptors (Lipinski definition) is 3. The largest absolute Gasteiger partial charge is 0.506 e. The van der Waals surface area contributed by atoms with Gasteiger partial charge in [0, 0.05) is 6.54 Å². The highest BCUT2D eigenvalue weighted by Crippen LogP contribution is 2.35. The van der Waals surface area contributed by atoms with Gasteiger partial charge in [-0.25, -0.2) is 8.78 Å². The van der Waals surface area contributed by atoms with Crippen molar-refractivity contribution in [1.29, 1.82) is 0 Å². The number of alkyl halides is 2. The molecule has 0 bridgehead atoms. The van der Waals surface area contributed by atoms with Gasteiger partial charge in [-0.05, 0) is 15.9 Å². The Morgan fingerprint density at radius 2 is 2.23 bits per heavy atom. The van der Waals surface area contributed by atoms with E-state index < -0.39 is 17.7 Å². The van der Waals surface area contributed by atoms with E-state index in [4.69, 9.17) is 10.8 Å². The molecule has 1 rings (SSSR count). The summed E-state index contributed by atoms with van der Waals surface area (Å²) in [6, 6.07) is 0. The molecule has 0 aliphatic heterocycles. The lowest BCUT2D eigenvalue weighted by Gasteiger charge is -2.08. The van der Waals surface area contributed by atoms with Crippen LogP contribution < -0.4 is 5.73 Å². The minimum Gasteiger partial charge on any atom is -0.506 e. The van der Waals surface area contributed by atoms with E-state index >= 15 is 0 Å². The smallest absolute Gasteiger partial charge is 0.268 e. The van der Waals surface area contributed by atoms with E-state index in [0.29, 0.717) is 5.69 Å². The van der Waals surface area contributed by atoms with Gasteiger partial charge in [0.1, 0.15) is 5.75 Å². The summed E-state index contributed by atoms with van der Waals surface area (Å²) in [6.07, 6.45) is -1.78. The fourth-order valence-electron chi connectivity index (χ4n) is 0.883. The molecular formula is C7H7BrF2N2O. The number of aromatic hydroxyl groups is 1. The Bertz CT molecular complexity index is 320. The summed E-state index contributed by atoms with van der Waals surface area (Å²) in [7, 11) is 0. The molecule has 6 heteroatoms. The van der Waals surface area contributed by atoms with Crippen LogP contribution in [-0.4, -0.2) is 10.1 Å². The number of nitrogens with two attached hydrogens (primary N) is 1. The van der Waals surface area contributed by atoms with Gasteiger partial charge in [0.25, 0.3) is 6.43 Å². The summed E-state index contributed by atoms with van der Waals surface area (Å²) < 4.78 is 24.8. The van der Waals surface area contributed by atoms with Gasteiger partial charge in [0.15, 0.2) is 0 Å².